The first-order chi connectivity index (χ1) is 10.0. The van der Waals surface area contributed by atoms with Gasteiger partial charge in [-0.1, -0.05) is 0 Å². The largest absolute Gasteiger partial charge is 0.481 e. The molecule has 21 heavy (non-hydrogen) atoms. The second-order valence-electron chi connectivity index (χ2n) is 5.28. The average Bonchev–Trinajstić information content (AvgIpc) is 2.93. The van der Waals surface area contributed by atoms with Crippen LogP contribution in [0.15, 0.2) is 12.1 Å². The highest BCUT2D eigenvalue weighted by molar-refractivity contribution is 5.92. The monoisotopic (exact) mass is 287 g/mol. The number of amides is 1. The van der Waals surface area contributed by atoms with Crippen LogP contribution in [0.4, 0.5) is 0 Å². The molecule has 1 amide bonds. The Morgan fingerprint density at radius 1 is 1.52 bits per heavy atom. The van der Waals surface area contributed by atoms with Gasteiger partial charge in [-0.05, 0) is 37.8 Å². The number of hydrogen-bond donors (Lipinski definition) is 1. The third kappa shape index (κ3) is 3.57. The summed E-state index contributed by atoms with van der Waals surface area (Å²) < 4.78 is 0. The summed E-state index contributed by atoms with van der Waals surface area (Å²) in [7, 11) is 0. The van der Waals surface area contributed by atoms with Gasteiger partial charge in [0, 0.05) is 19.5 Å². The predicted molar refractivity (Wildman–Crippen MR) is 74.6 cm³/mol. The average molecular weight is 287 g/mol. The lowest BCUT2D eigenvalue weighted by Crippen LogP contribution is -2.29. The van der Waals surface area contributed by atoms with Crippen LogP contribution in [-0.2, 0) is 4.79 Å². The number of pyridine rings is 1. The molecule has 1 atom stereocenters. The third-order valence-electron chi connectivity index (χ3n) is 3.76. The fraction of sp³-hybridized carbons (Fsp3) is 0.467. The van der Waals surface area contributed by atoms with Gasteiger partial charge < -0.3 is 10.0 Å². The summed E-state index contributed by atoms with van der Waals surface area (Å²) in [6.45, 7) is 2.91. The van der Waals surface area contributed by atoms with Crippen molar-refractivity contribution in [3.05, 3.63) is 29.1 Å². The minimum atomic E-state index is -0.802. The van der Waals surface area contributed by atoms with E-state index in [1.807, 2.05) is 6.07 Å². The number of nitriles is 1. The summed E-state index contributed by atoms with van der Waals surface area (Å²) in [4.78, 5) is 28.8. The molecule has 1 aromatic heterocycles. The highest BCUT2D eigenvalue weighted by Crippen LogP contribution is 2.22. The lowest BCUT2D eigenvalue weighted by Gasteiger charge is -2.16. The first-order valence-electron chi connectivity index (χ1n) is 6.90. The Morgan fingerprint density at radius 2 is 2.29 bits per heavy atom. The fourth-order valence-corrected chi connectivity index (χ4v) is 2.54. The highest BCUT2D eigenvalue weighted by atomic mass is 16.4. The van der Waals surface area contributed by atoms with Crippen LogP contribution in [0, 0.1) is 24.2 Å². The third-order valence-corrected chi connectivity index (χ3v) is 3.76. The van der Waals surface area contributed by atoms with E-state index in [1.165, 1.54) is 0 Å². The molecule has 0 bridgehead atoms. The van der Waals surface area contributed by atoms with Gasteiger partial charge in [-0.3, -0.25) is 9.59 Å². The second kappa shape index (κ2) is 6.35. The van der Waals surface area contributed by atoms with Crippen molar-refractivity contribution >= 4 is 11.9 Å². The number of rotatable bonds is 4. The van der Waals surface area contributed by atoms with Gasteiger partial charge in [0.2, 0.25) is 0 Å². The van der Waals surface area contributed by atoms with E-state index >= 15 is 0 Å². The first kappa shape index (κ1) is 15.0. The number of aromatic nitrogens is 1. The van der Waals surface area contributed by atoms with Crippen molar-refractivity contribution in [2.24, 2.45) is 5.92 Å². The molecule has 2 heterocycles. The Labute approximate surface area is 123 Å². The van der Waals surface area contributed by atoms with E-state index in [0.717, 1.165) is 6.42 Å². The molecule has 0 aromatic carbocycles. The molecule has 1 aliphatic rings. The second-order valence-corrected chi connectivity index (χ2v) is 5.28. The molecular weight excluding hydrogens is 270 g/mol. The van der Waals surface area contributed by atoms with Gasteiger partial charge in [0.15, 0.2) is 0 Å². The lowest BCUT2D eigenvalue weighted by molar-refractivity contribution is -0.137. The van der Waals surface area contributed by atoms with E-state index in [-0.39, 0.29) is 18.2 Å². The molecule has 1 unspecified atom stereocenters. The van der Waals surface area contributed by atoms with E-state index in [4.69, 9.17) is 10.4 Å². The molecular formula is C15H17N3O3. The topological polar surface area (TPSA) is 94.3 Å². The van der Waals surface area contributed by atoms with E-state index < -0.39 is 5.97 Å². The minimum absolute atomic E-state index is 0.140. The van der Waals surface area contributed by atoms with Crippen LogP contribution in [0.1, 0.15) is 41.0 Å². The molecule has 1 N–H and O–H groups in total. The zero-order valence-corrected chi connectivity index (χ0v) is 11.9. The van der Waals surface area contributed by atoms with Gasteiger partial charge in [0.05, 0.1) is 11.3 Å². The van der Waals surface area contributed by atoms with Gasteiger partial charge in [0.1, 0.15) is 11.8 Å². The van der Waals surface area contributed by atoms with Crippen LogP contribution in [-0.4, -0.2) is 40.0 Å². The molecule has 6 nitrogen and oxygen atoms in total. The quantitative estimate of drug-likeness (QED) is 0.907. The summed E-state index contributed by atoms with van der Waals surface area (Å²) in [5.41, 5.74) is 1.35. The summed E-state index contributed by atoms with van der Waals surface area (Å²) in [6, 6.07) is 5.19. The maximum atomic E-state index is 12.3. The molecule has 6 heteroatoms. The van der Waals surface area contributed by atoms with Crippen molar-refractivity contribution in [3.63, 3.8) is 0 Å². The van der Waals surface area contributed by atoms with E-state index in [9.17, 15) is 9.59 Å². The van der Waals surface area contributed by atoms with Crippen molar-refractivity contribution in [2.45, 2.75) is 26.2 Å². The van der Waals surface area contributed by atoms with Crippen LogP contribution in [0.3, 0.4) is 0 Å². The van der Waals surface area contributed by atoms with Crippen molar-refractivity contribution in [1.29, 1.82) is 5.26 Å². The van der Waals surface area contributed by atoms with Crippen molar-refractivity contribution < 1.29 is 14.7 Å². The number of carbonyl (C=O) groups is 2. The molecule has 1 fully saturated rings. The maximum Gasteiger partial charge on any atom is 0.303 e. The smallest absolute Gasteiger partial charge is 0.303 e. The molecule has 1 saturated heterocycles. The number of nitrogens with zero attached hydrogens (tertiary/aromatic N) is 3. The Morgan fingerprint density at radius 3 is 2.90 bits per heavy atom. The van der Waals surface area contributed by atoms with Crippen LogP contribution < -0.4 is 0 Å². The molecule has 0 spiro atoms. The zero-order valence-electron chi connectivity index (χ0n) is 11.9. The Bertz CT molecular complexity index is 607. The number of aliphatic carboxylic acids is 1. The molecule has 110 valence electrons. The van der Waals surface area contributed by atoms with Crippen LogP contribution in [0.5, 0.6) is 0 Å². The van der Waals surface area contributed by atoms with Crippen LogP contribution in [0.2, 0.25) is 0 Å². The maximum absolute atomic E-state index is 12.3. The molecule has 0 aliphatic carbocycles. The van der Waals surface area contributed by atoms with Crippen LogP contribution >= 0.6 is 0 Å². The number of hydrogen-bond acceptors (Lipinski definition) is 4. The Balaban J connectivity index is 2.00. The minimum Gasteiger partial charge on any atom is -0.481 e. The molecule has 0 saturated carbocycles. The normalized spacial score (nSPS) is 17.5. The summed E-state index contributed by atoms with van der Waals surface area (Å²) in [6.07, 6.45) is 1.56. The fourth-order valence-electron chi connectivity index (χ4n) is 2.54. The van der Waals surface area contributed by atoms with E-state index in [2.05, 4.69) is 4.98 Å². The summed E-state index contributed by atoms with van der Waals surface area (Å²) in [5, 5.41) is 17.6. The van der Waals surface area contributed by atoms with Crippen molar-refractivity contribution in [2.75, 3.05) is 13.1 Å². The SMILES string of the molecule is Cc1nc(C(=O)N2CCC(CCC(=O)O)C2)ccc1C#N. The van der Waals surface area contributed by atoms with Gasteiger partial charge in [-0.15, -0.1) is 0 Å². The first-order valence-corrected chi connectivity index (χ1v) is 6.90. The molecule has 2 rings (SSSR count). The predicted octanol–water partition coefficient (Wildman–Crippen LogP) is 1.59. The molecule has 0 radical (unpaired) electrons. The molecule has 1 aromatic rings. The number of carbonyl (C=O) groups excluding carboxylic acids is 1. The van der Waals surface area contributed by atoms with Gasteiger partial charge in [-0.25, -0.2) is 4.98 Å². The lowest BCUT2D eigenvalue weighted by atomic mass is 10.0. The van der Waals surface area contributed by atoms with Gasteiger partial charge >= 0.3 is 5.97 Å². The number of carboxylic acids is 1. The number of aryl methyl sites for hydroxylation is 1. The summed E-state index contributed by atoms with van der Waals surface area (Å²) in [5.74, 6) is -0.714. The Hall–Kier alpha value is -2.42. The number of carboxylic acid groups (broad SMARTS) is 1. The Kier molecular flexibility index (Phi) is 4.53. The van der Waals surface area contributed by atoms with Crippen LogP contribution in [0.25, 0.3) is 0 Å². The van der Waals surface area contributed by atoms with E-state index in [1.54, 1.807) is 24.0 Å². The van der Waals surface area contributed by atoms with E-state index in [0.29, 0.717) is 36.5 Å². The zero-order chi connectivity index (χ0) is 15.4. The summed E-state index contributed by atoms with van der Waals surface area (Å²) >= 11 is 0. The molecule has 1 aliphatic heterocycles. The van der Waals surface area contributed by atoms with Gasteiger partial charge in [0.25, 0.3) is 5.91 Å². The van der Waals surface area contributed by atoms with Crippen molar-refractivity contribution in [3.8, 4) is 6.07 Å². The van der Waals surface area contributed by atoms with Crippen molar-refractivity contribution in [1.82, 2.24) is 9.88 Å². The van der Waals surface area contributed by atoms with Gasteiger partial charge in [-0.2, -0.15) is 5.26 Å². The standard InChI is InChI=1S/C15H17N3O3/c1-10-12(8-16)3-4-13(17-10)15(21)18-7-6-11(9-18)2-5-14(19)20/h3-4,11H,2,5-7,9H2,1H3,(H,19,20). The highest BCUT2D eigenvalue weighted by Gasteiger charge is 2.27. The number of likely N-dealkylation sites (tertiary alicyclic amines) is 1.